The molecule has 2 aromatic rings. The lowest BCUT2D eigenvalue weighted by Crippen LogP contribution is -2.51. The molecule has 6 rings (SSSR count). The smallest absolute Gasteiger partial charge is 0.225 e. The molecule has 0 N–H and O–H groups in total. The number of aromatic nitrogens is 2. The second kappa shape index (κ2) is 7.66. The van der Waals surface area contributed by atoms with Gasteiger partial charge >= 0.3 is 0 Å². The van der Waals surface area contributed by atoms with Gasteiger partial charge in [-0.15, -0.1) is 0 Å². The molecule has 0 atom stereocenters. The predicted molar refractivity (Wildman–Crippen MR) is 119 cm³/mol. The Hall–Kier alpha value is -2.34. The van der Waals surface area contributed by atoms with Crippen LogP contribution in [-0.4, -0.2) is 58.2 Å². The van der Waals surface area contributed by atoms with Gasteiger partial charge in [-0.3, -0.25) is 9.48 Å². The van der Waals surface area contributed by atoms with E-state index in [1.165, 1.54) is 43.6 Å². The summed E-state index contributed by atoms with van der Waals surface area (Å²) in [6.07, 6.45) is 9.68. The molecule has 1 aromatic carbocycles. The van der Waals surface area contributed by atoms with Gasteiger partial charge in [0.2, 0.25) is 5.91 Å². The Morgan fingerprint density at radius 3 is 2.55 bits per heavy atom. The van der Waals surface area contributed by atoms with E-state index in [0.29, 0.717) is 5.91 Å². The molecule has 0 radical (unpaired) electrons. The minimum atomic E-state index is -0.369. The van der Waals surface area contributed by atoms with Crippen LogP contribution < -0.4 is 4.74 Å². The van der Waals surface area contributed by atoms with E-state index in [9.17, 15) is 4.79 Å². The van der Waals surface area contributed by atoms with Crippen LogP contribution in [0, 0.1) is 5.92 Å². The number of likely N-dealkylation sites (tertiary alicyclic amines) is 2. The number of rotatable bonds is 4. The summed E-state index contributed by atoms with van der Waals surface area (Å²) in [5.41, 5.74) is 3.21. The number of carbonyl (C=O) groups is 1. The number of nitrogens with zero attached hydrogens (tertiary/aromatic N) is 4. The van der Waals surface area contributed by atoms with Gasteiger partial charge in [0.25, 0.3) is 0 Å². The summed E-state index contributed by atoms with van der Waals surface area (Å²) in [5.74, 6) is 1.58. The lowest BCUT2D eigenvalue weighted by Gasteiger charge is -2.45. The van der Waals surface area contributed by atoms with Crippen LogP contribution in [0.15, 0.2) is 30.5 Å². The minimum Gasteiger partial charge on any atom is -0.482 e. The summed E-state index contributed by atoms with van der Waals surface area (Å²) in [7, 11) is 0. The Morgan fingerprint density at radius 2 is 1.81 bits per heavy atom. The van der Waals surface area contributed by atoms with Crippen molar-refractivity contribution < 1.29 is 9.53 Å². The molecule has 1 amide bonds. The normalized spacial score (nSPS) is 22.6. The van der Waals surface area contributed by atoms with Gasteiger partial charge in [-0.1, -0.05) is 18.6 Å². The van der Waals surface area contributed by atoms with Crippen LogP contribution in [0.3, 0.4) is 0 Å². The number of amides is 1. The van der Waals surface area contributed by atoms with E-state index in [1.807, 2.05) is 6.20 Å². The highest BCUT2D eigenvalue weighted by atomic mass is 16.5. The molecule has 4 aliphatic rings. The zero-order valence-electron chi connectivity index (χ0n) is 18.3. The predicted octanol–water partition coefficient (Wildman–Crippen LogP) is 3.66. The Balaban J connectivity index is 1.28. The van der Waals surface area contributed by atoms with Crippen molar-refractivity contribution in [3.63, 3.8) is 0 Å². The Kier molecular flexibility index (Phi) is 4.78. The van der Waals surface area contributed by atoms with Crippen molar-refractivity contribution >= 4 is 5.91 Å². The molecule has 6 heteroatoms. The first-order valence-corrected chi connectivity index (χ1v) is 12.1. The zero-order valence-corrected chi connectivity index (χ0v) is 18.3. The number of para-hydroxylation sites is 1. The summed E-state index contributed by atoms with van der Waals surface area (Å²) >= 11 is 0. The molecule has 6 nitrogen and oxygen atoms in total. The van der Waals surface area contributed by atoms with Crippen molar-refractivity contribution in [1.29, 1.82) is 0 Å². The van der Waals surface area contributed by atoms with Crippen molar-refractivity contribution in [3.05, 3.63) is 36.0 Å². The standard InChI is InChI=1S/C25H32N4O2/c30-24(19-6-5-7-19)28-14-10-25(11-15-28)21-18-26-29(17-16-27-12-3-4-13-27)23(21)20-8-1-2-9-22(20)31-25/h1-2,8-9,18-19H,3-7,10-17H2. The highest BCUT2D eigenvalue weighted by Gasteiger charge is 2.46. The van der Waals surface area contributed by atoms with Gasteiger partial charge < -0.3 is 14.5 Å². The number of benzene rings is 1. The Morgan fingerprint density at radius 1 is 1.03 bits per heavy atom. The van der Waals surface area contributed by atoms with E-state index in [1.54, 1.807) is 0 Å². The number of fused-ring (bicyclic) bond motifs is 4. The number of hydrogen-bond acceptors (Lipinski definition) is 4. The van der Waals surface area contributed by atoms with E-state index >= 15 is 0 Å². The third-order valence-electron chi connectivity index (χ3n) is 7.94. The maximum atomic E-state index is 12.8. The Bertz CT molecular complexity index is 966. The van der Waals surface area contributed by atoms with Crippen LogP contribution in [0.1, 0.15) is 50.5 Å². The molecule has 0 bridgehead atoms. The molecule has 3 fully saturated rings. The second-order valence-corrected chi connectivity index (χ2v) is 9.72. The number of hydrogen-bond donors (Lipinski definition) is 0. The molecule has 1 saturated carbocycles. The van der Waals surface area contributed by atoms with Crippen LogP contribution in [0.5, 0.6) is 5.75 Å². The van der Waals surface area contributed by atoms with Gasteiger partial charge in [-0.25, -0.2) is 0 Å². The maximum absolute atomic E-state index is 12.8. The first kappa shape index (κ1) is 19.4. The van der Waals surface area contributed by atoms with E-state index in [-0.39, 0.29) is 11.5 Å². The largest absolute Gasteiger partial charge is 0.482 e. The molecule has 0 unspecified atom stereocenters. The molecule has 31 heavy (non-hydrogen) atoms. The van der Waals surface area contributed by atoms with Gasteiger partial charge in [-0.05, 0) is 50.9 Å². The third-order valence-corrected chi connectivity index (χ3v) is 7.94. The Labute approximate surface area is 184 Å². The lowest BCUT2D eigenvalue weighted by molar-refractivity contribution is -0.142. The lowest BCUT2D eigenvalue weighted by atomic mass is 9.79. The van der Waals surface area contributed by atoms with Crippen molar-refractivity contribution in [2.24, 2.45) is 5.92 Å². The van der Waals surface area contributed by atoms with Gasteiger partial charge in [-0.2, -0.15) is 5.10 Å². The molecule has 4 heterocycles. The van der Waals surface area contributed by atoms with Gasteiger partial charge in [0, 0.05) is 49.5 Å². The molecule has 1 aliphatic carbocycles. The fourth-order valence-corrected chi connectivity index (χ4v) is 5.80. The molecule has 2 saturated heterocycles. The molecular weight excluding hydrogens is 388 g/mol. The average Bonchev–Trinajstić information content (AvgIpc) is 3.42. The highest BCUT2D eigenvalue weighted by molar-refractivity contribution is 5.80. The monoisotopic (exact) mass is 420 g/mol. The molecule has 1 aromatic heterocycles. The van der Waals surface area contributed by atoms with Crippen molar-refractivity contribution in [3.8, 4) is 17.0 Å². The fraction of sp³-hybridized carbons (Fsp3) is 0.600. The number of ether oxygens (including phenoxy) is 1. The minimum absolute atomic E-state index is 0.269. The van der Waals surface area contributed by atoms with Crippen LogP contribution in [-0.2, 0) is 16.9 Å². The summed E-state index contributed by atoms with van der Waals surface area (Å²) in [4.78, 5) is 17.4. The van der Waals surface area contributed by atoms with E-state index in [2.05, 4.69) is 38.7 Å². The SMILES string of the molecule is O=C(C1CCC1)N1CCC2(CC1)Oc1ccccc1-c1c2cnn1CCN1CCCC1. The average molecular weight is 421 g/mol. The van der Waals surface area contributed by atoms with Gasteiger partial charge in [0.15, 0.2) is 0 Å². The van der Waals surface area contributed by atoms with Gasteiger partial charge in [0.05, 0.1) is 18.4 Å². The van der Waals surface area contributed by atoms with Crippen LogP contribution in [0.25, 0.3) is 11.3 Å². The summed E-state index contributed by atoms with van der Waals surface area (Å²) in [6.45, 7) is 5.92. The van der Waals surface area contributed by atoms with Crippen LogP contribution in [0.2, 0.25) is 0 Å². The van der Waals surface area contributed by atoms with Crippen LogP contribution >= 0.6 is 0 Å². The molecule has 1 spiro atoms. The van der Waals surface area contributed by atoms with Crippen molar-refractivity contribution in [2.45, 2.75) is 57.1 Å². The van der Waals surface area contributed by atoms with E-state index in [4.69, 9.17) is 9.84 Å². The van der Waals surface area contributed by atoms with Crippen molar-refractivity contribution in [2.75, 3.05) is 32.7 Å². The summed E-state index contributed by atoms with van der Waals surface area (Å²) in [6, 6.07) is 8.38. The first-order valence-electron chi connectivity index (χ1n) is 12.1. The van der Waals surface area contributed by atoms with E-state index in [0.717, 1.165) is 63.2 Å². The topological polar surface area (TPSA) is 50.6 Å². The summed E-state index contributed by atoms with van der Waals surface area (Å²) < 4.78 is 8.90. The third kappa shape index (κ3) is 3.27. The van der Waals surface area contributed by atoms with E-state index < -0.39 is 0 Å². The highest BCUT2D eigenvalue weighted by Crippen LogP contribution is 2.49. The quantitative estimate of drug-likeness (QED) is 0.758. The number of carbonyl (C=O) groups excluding carboxylic acids is 1. The maximum Gasteiger partial charge on any atom is 0.225 e. The molecule has 164 valence electrons. The van der Waals surface area contributed by atoms with Crippen molar-refractivity contribution in [1.82, 2.24) is 19.6 Å². The number of piperidine rings is 1. The first-order chi connectivity index (χ1) is 15.2. The molecular formula is C25H32N4O2. The zero-order chi connectivity index (χ0) is 20.8. The second-order valence-electron chi connectivity index (χ2n) is 9.72. The summed E-state index contributed by atoms with van der Waals surface area (Å²) in [5, 5.41) is 4.84. The van der Waals surface area contributed by atoms with Crippen LogP contribution in [0.4, 0.5) is 0 Å². The molecule has 3 aliphatic heterocycles. The van der Waals surface area contributed by atoms with Gasteiger partial charge in [0.1, 0.15) is 11.4 Å². The fourth-order valence-electron chi connectivity index (χ4n) is 5.80.